The van der Waals surface area contributed by atoms with E-state index in [1.807, 2.05) is 25.1 Å². The predicted octanol–water partition coefficient (Wildman–Crippen LogP) is 4.75. The van der Waals surface area contributed by atoms with Crippen molar-refractivity contribution in [3.63, 3.8) is 0 Å². The van der Waals surface area contributed by atoms with Gasteiger partial charge >= 0.3 is 0 Å². The first-order valence-electron chi connectivity index (χ1n) is 10.6. The molecule has 11 heteroatoms. The van der Waals surface area contributed by atoms with Gasteiger partial charge in [-0.1, -0.05) is 23.4 Å². The van der Waals surface area contributed by atoms with Crippen LogP contribution < -0.4 is 10.5 Å². The number of aliphatic hydroxyl groups excluding tert-OH is 1. The number of anilines is 1. The summed E-state index contributed by atoms with van der Waals surface area (Å²) in [7, 11) is 0. The fourth-order valence-corrected chi connectivity index (χ4v) is 4.49. The number of nitrogens with two attached hydrogens (primary N) is 1. The number of ether oxygens (including phenoxy) is 1. The van der Waals surface area contributed by atoms with Crippen LogP contribution in [0.25, 0.3) is 22.6 Å². The Balaban J connectivity index is 1.66. The maximum atomic E-state index is 10.00. The van der Waals surface area contributed by atoms with E-state index in [4.69, 9.17) is 31.6 Å². The number of nitriles is 2. The standard InChI is InChI=1S/C25H19ClN6O3S/c1-14-20(31-24(35-14)15-2-5-17(26)6-3-15)13-36-25-19(11-28)22(18(10-27)23(29)32-25)16-4-7-21(30-12-16)34-9-8-33/h2-7,12,33H,8-9,13H2,1H3,(H2,29,32). The summed E-state index contributed by atoms with van der Waals surface area (Å²) in [5.74, 6) is 1.77. The van der Waals surface area contributed by atoms with Crippen LogP contribution in [-0.4, -0.2) is 33.3 Å². The lowest BCUT2D eigenvalue weighted by Gasteiger charge is -2.13. The summed E-state index contributed by atoms with van der Waals surface area (Å²) in [6.07, 6.45) is 1.48. The second kappa shape index (κ2) is 11.1. The van der Waals surface area contributed by atoms with Crippen LogP contribution in [0.3, 0.4) is 0 Å². The minimum atomic E-state index is -0.145. The number of halogens is 1. The van der Waals surface area contributed by atoms with Crippen LogP contribution in [0.15, 0.2) is 52.0 Å². The van der Waals surface area contributed by atoms with E-state index in [0.29, 0.717) is 50.2 Å². The van der Waals surface area contributed by atoms with Gasteiger partial charge in [0.2, 0.25) is 11.8 Å². The number of hydrogen-bond donors (Lipinski definition) is 2. The smallest absolute Gasteiger partial charge is 0.226 e. The highest BCUT2D eigenvalue weighted by molar-refractivity contribution is 7.98. The molecule has 0 spiro atoms. The zero-order valence-corrected chi connectivity index (χ0v) is 20.6. The van der Waals surface area contributed by atoms with Crippen LogP contribution in [0.1, 0.15) is 22.6 Å². The maximum absolute atomic E-state index is 10.00. The van der Waals surface area contributed by atoms with E-state index in [2.05, 4.69) is 21.0 Å². The highest BCUT2D eigenvalue weighted by atomic mass is 35.5. The Hall–Kier alpha value is -4.09. The molecule has 180 valence electrons. The van der Waals surface area contributed by atoms with Crippen LogP contribution in [-0.2, 0) is 5.75 Å². The lowest BCUT2D eigenvalue weighted by atomic mass is 9.98. The summed E-state index contributed by atoms with van der Waals surface area (Å²) in [5.41, 5.74) is 8.73. The molecule has 3 heterocycles. The number of benzene rings is 1. The van der Waals surface area contributed by atoms with Gasteiger partial charge in [-0.15, -0.1) is 0 Å². The van der Waals surface area contributed by atoms with Crippen molar-refractivity contribution < 1.29 is 14.3 Å². The van der Waals surface area contributed by atoms with Gasteiger partial charge in [-0.3, -0.25) is 0 Å². The molecule has 9 nitrogen and oxygen atoms in total. The van der Waals surface area contributed by atoms with E-state index in [-0.39, 0.29) is 30.2 Å². The van der Waals surface area contributed by atoms with Gasteiger partial charge in [-0.25, -0.2) is 15.0 Å². The molecule has 3 N–H and O–H groups in total. The van der Waals surface area contributed by atoms with E-state index in [0.717, 1.165) is 5.56 Å². The van der Waals surface area contributed by atoms with E-state index in [9.17, 15) is 10.5 Å². The third-order valence-electron chi connectivity index (χ3n) is 5.11. The largest absolute Gasteiger partial charge is 0.475 e. The van der Waals surface area contributed by atoms with Crippen molar-refractivity contribution in [1.29, 1.82) is 10.5 Å². The summed E-state index contributed by atoms with van der Waals surface area (Å²) < 4.78 is 11.1. The number of rotatable bonds is 8. The molecule has 1 aromatic carbocycles. The number of hydrogen-bond acceptors (Lipinski definition) is 10. The third kappa shape index (κ3) is 5.26. The van der Waals surface area contributed by atoms with Crippen LogP contribution in [0.5, 0.6) is 5.88 Å². The predicted molar refractivity (Wildman–Crippen MR) is 135 cm³/mol. The van der Waals surface area contributed by atoms with E-state index in [1.54, 1.807) is 24.3 Å². The molecule has 0 fully saturated rings. The summed E-state index contributed by atoms with van der Waals surface area (Å²) in [6.45, 7) is 1.77. The molecule has 3 aromatic heterocycles. The van der Waals surface area contributed by atoms with Gasteiger partial charge in [0.25, 0.3) is 0 Å². The van der Waals surface area contributed by atoms with Crippen molar-refractivity contribution in [2.45, 2.75) is 17.7 Å². The monoisotopic (exact) mass is 518 g/mol. The van der Waals surface area contributed by atoms with Gasteiger partial charge in [0.1, 0.15) is 40.9 Å². The SMILES string of the molecule is Cc1oc(-c2ccc(Cl)cc2)nc1CSc1nc(N)c(C#N)c(-c2ccc(OCCO)nc2)c1C#N. The molecular weight excluding hydrogens is 500 g/mol. The minimum Gasteiger partial charge on any atom is -0.475 e. The average molecular weight is 519 g/mol. The number of thioether (sulfide) groups is 1. The van der Waals surface area contributed by atoms with Gasteiger partial charge in [0, 0.05) is 39.7 Å². The number of aromatic nitrogens is 3. The van der Waals surface area contributed by atoms with Crippen LogP contribution >= 0.6 is 23.4 Å². The molecule has 0 aliphatic rings. The van der Waals surface area contributed by atoms with E-state index < -0.39 is 0 Å². The molecular formula is C25H19ClN6O3S. The summed E-state index contributed by atoms with van der Waals surface area (Å²) in [6, 6.07) is 14.6. The number of nitrogens with zero attached hydrogens (tertiary/aromatic N) is 5. The Morgan fingerprint density at radius 3 is 2.44 bits per heavy atom. The summed E-state index contributed by atoms with van der Waals surface area (Å²) in [5, 5.41) is 29.6. The van der Waals surface area contributed by atoms with E-state index >= 15 is 0 Å². The summed E-state index contributed by atoms with van der Waals surface area (Å²) >= 11 is 7.23. The molecule has 0 amide bonds. The van der Waals surface area contributed by atoms with Gasteiger partial charge in [0.15, 0.2) is 0 Å². The topological polar surface area (TPSA) is 155 Å². The van der Waals surface area contributed by atoms with Crippen molar-refractivity contribution in [3.8, 4) is 40.6 Å². The first-order chi connectivity index (χ1) is 17.4. The number of nitrogen functional groups attached to an aromatic ring is 1. The van der Waals surface area contributed by atoms with Gasteiger partial charge < -0.3 is 20.0 Å². The molecule has 0 atom stereocenters. The molecule has 0 radical (unpaired) electrons. The Kier molecular flexibility index (Phi) is 7.71. The maximum Gasteiger partial charge on any atom is 0.226 e. The summed E-state index contributed by atoms with van der Waals surface area (Å²) in [4.78, 5) is 13.1. The van der Waals surface area contributed by atoms with Gasteiger partial charge in [-0.05, 0) is 37.3 Å². The molecule has 0 bridgehead atoms. The first-order valence-corrected chi connectivity index (χ1v) is 12.0. The van der Waals surface area contributed by atoms with E-state index in [1.165, 1.54) is 18.0 Å². The van der Waals surface area contributed by atoms with Crippen molar-refractivity contribution in [2.24, 2.45) is 0 Å². The average Bonchev–Trinajstić information content (AvgIpc) is 3.26. The molecule has 0 aliphatic carbocycles. The molecule has 4 rings (SSSR count). The Labute approximate surface area is 216 Å². The lowest BCUT2D eigenvalue weighted by molar-refractivity contribution is 0.196. The highest BCUT2D eigenvalue weighted by Crippen LogP contribution is 2.37. The quantitative estimate of drug-likeness (QED) is 0.312. The molecule has 0 aliphatic heterocycles. The Morgan fingerprint density at radius 1 is 1.08 bits per heavy atom. The number of oxazole rings is 1. The van der Waals surface area contributed by atoms with Crippen molar-refractivity contribution in [2.75, 3.05) is 18.9 Å². The highest BCUT2D eigenvalue weighted by Gasteiger charge is 2.22. The second-order valence-electron chi connectivity index (χ2n) is 7.43. The van der Waals surface area contributed by atoms with Crippen LogP contribution in [0, 0.1) is 29.6 Å². The Morgan fingerprint density at radius 2 is 1.81 bits per heavy atom. The second-order valence-corrected chi connectivity index (χ2v) is 8.83. The zero-order valence-electron chi connectivity index (χ0n) is 19.0. The number of aliphatic hydroxyl groups is 1. The first kappa shape index (κ1) is 25.0. The minimum absolute atomic E-state index is 0.00772. The third-order valence-corrected chi connectivity index (χ3v) is 6.35. The molecule has 4 aromatic rings. The van der Waals surface area contributed by atoms with Crippen molar-refractivity contribution >= 4 is 29.2 Å². The van der Waals surface area contributed by atoms with Crippen molar-refractivity contribution in [3.05, 3.63) is 70.2 Å². The fraction of sp³-hybridized carbons (Fsp3) is 0.160. The molecule has 0 unspecified atom stereocenters. The van der Waals surface area contributed by atoms with Crippen LogP contribution in [0.4, 0.5) is 5.82 Å². The molecule has 0 saturated carbocycles. The zero-order chi connectivity index (χ0) is 25.7. The molecule has 36 heavy (non-hydrogen) atoms. The number of pyridine rings is 2. The molecule has 0 saturated heterocycles. The lowest BCUT2D eigenvalue weighted by Crippen LogP contribution is -2.05. The van der Waals surface area contributed by atoms with Gasteiger partial charge in [0.05, 0.1) is 17.9 Å². The normalized spacial score (nSPS) is 10.6. The van der Waals surface area contributed by atoms with Gasteiger partial charge in [-0.2, -0.15) is 10.5 Å². The fourth-order valence-electron chi connectivity index (χ4n) is 3.37. The van der Waals surface area contributed by atoms with Crippen LogP contribution in [0.2, 0.25) is 5.02 Å². The van der Waals surface area contributed by atoms with Crippen molar-refractivity contribution in [1.82, 2.24) is 15.0 Å². The Bertz CT molecular complexity index is 1470. The number of aryl methyl sites for hydroxylation is 1.